The van der Waals surface area contributed by atoms with Crippen LogP contribution in [0.1, 0.15) is 5.56 Å². The van der Waals surface area contributed by atoms with Gasteiger partial charge in [0.25, 0.3) is 11.8 Å². The Bertz CT molecular complexity index is 1260. The van der Waals surface area contributed by atoms with Crippen molar-refractivity contribution in [3.8, 4) is 11.1 Å². The molecule has 3 aromatic rings. The van der Waals surface area contributed by atoms with Crippen molar-refractivity contribution >= 4 is 35.6 Å². The third-order valence-electron chi connectivity index (χ3n) is 6.73. The van der Waals surface area contributed by atoms with E-state index in [0.29, 0.717) is 43.8 Å². The zero-order chi connectivity index (χ0) is 25.1. The number of anilines is 2. The van der Waals surface area contributed by atoms with Gasteiger partial charge in [-0.15, -0.1) is 0 Å². The van der Waals surface area contributed by atoms with Gasteiger partial charge in [-0.2, -0.15) is 0 Å². The lowest BCUT2D eigenvalue weighted by Crippen LogP contribution is -2.73. The van der Waals surface area contributed by atoms with Crippen LogP contribution in [0.25, 0.3) is 11.1 Å². The number of piperazine rings is 1. The van der Waals surface area contributed by atoms with Crippen LogP contribution in [-0.2, 0) is 19.9 Å². The van der Waals surface area contributed by atoms with Crippen molar-refractivity contribution in [3.05, 3.63) is 84.4 Å². The molecule has 3 N–H and O–H groups in total. The number of carbonyl (C=O) groups is 4. The molecule has 36 heavy (non-hydrogen) atoms. The normalized spacial score (nSPS) is 17.8. The van der Waals surface area contributed by atoms with E-state index in [9.17, 15) is 19.2 Å². The SMILES string of the molecule is O=CNc1ccc(N2CCN(C3(c4ccc(-c5ccccc5)cc4)C(=O)NC(=O)NC3=O)CC2)cc1. The molecule has 182 valence electrons. The van der Waals surface area contributed by atoms with E-state index in [1.807, 2.05) is 71.6 Å². The minimum Gasteiger partial charge on any atom is -0.369 e. The van der Waals surface area contributed by atoms with Gasteiger partial charge in [-0.05, 0) is 41.0 Å². The Kier molecular flexibility index (Phi) is 6.22. The molecule has 9 nitrogen and oxygen atoms in total. The quantitative estimate of drug-likeness (QED) is 0.367. The smallest absolute Gasteiger partial charge is 0.328 e. The van der Waals surface area contributed by atoms with Crippen molar-refractivity contribution in [1.29, 1.82) is 0 Å². The first-order valence-electron chi connectivity index (χ1n) is 11.7. The molecular formula is C27H25N5O4. The molecule has 2 aliphatic rings. The summed E-state index contributed by atoms with van der Waals surface area (Å²) >= 11 is 0. The zero-order valence-corrected chi connectivity index (χ0v) is 19.4. The number of urea groups is 1. The molecule has 5 amide bonds. The molecule has 0 radical (unpaired) electrons. The Hall–Kier alpha value is -4.50. The fraction of sp³-hybridized carbons (Fsp3) is 0.185. The summed E-state index contributed by atoms with van der Waals surface area (Å²) in [5.41, 5.74) is 2.49. The number of hydrogen-bond acceptors (Lipinski definition) is 6. The second-order valence-electron chi connectivity index (χ2n) is 8.67. The molecule has 0 unspecified atom stereocenters. The highest BCUT2D eigenvalue weighted by molar-refractivity contribution is 6.22. The Morgan fingerprint density at radius 2 is 1.31 bits per heavy atom. The zero-order valence-electron chi connectivity index (χ0n) is 19.4. The number of imide groups is 2. The lowest BCUT2D eigenvalue weighted by atomic mass is 9.83. The maximum atomic E-state index is 13.4. The van der Waals surface area contributed by atoms with Crippen molar-refractivity contribution < 1.29 is 19.2 Å². The number of carbonyl (C=O) groups excluding carboxylic acids is 4. The van der Waals surface area contributed by atoms with E-state index in [1.54, 1.807) is 12.1 Å². The molecule has 9 heteroatoms. The average molecular weight is 484 g/mol. The van der Waals surface area contributed by atoms with E-state index in [1.165, 1.54) is 0 Å². The Labute approximate surface area is 208 Å². The maximum absolute atomic E-state index is 13.4. The van der Waals surface area contributed by atoms with E-state index in [-0.39, 0.29) is 0 Å². The van der Waals surface area contributed by atoms with E-state index >= 15 is 0 Å². The van der Waals surface area contributed by atoms with Crippen molar-refractivity contribution in [2.24, 2.45) is 0 Å². The standard InChI is InChI=1S/C27H25N5O4/c33-18-28-22-10-12-23(13-11-22)31-14-16-32(17-15-31)27(24(34)29-26(36)30-25(27)35)21-8-6-20(7-9-21)19-4-2-1-3-5-19/h1-13,18H,14-17H2,(H,28,33)(H2,29,30,34,35,36). The molecule has 0 aromatic heterocycles. The average Bonchev–Trinajstić information content (AvgIpc) is 2.90. The summed E-state index contributed by atoms with van der Waals surface area (Å²) in [6.45, 7) is 1.98. The van der Waals surface area contributed by atoms with Gasteiger partial charge in [-0.25, -0.2) is 4.79 Å². The van der Waals surface area contributed by atoms with Gasteiger partial charge in [0, 0.05) is 37.6 Å². The second-order valence-corrected chi connectivity index (χ2v) is 8.67. The van der Waals surface area contributed by atoms with E-state index < -0.39 is 23.4 Å². The summed E-state index contributed by atoms with van der Waals surface area (Å²) in [5, 5.41) is 7.22. The van der Waals surface area contributed by atoms with Gasteiger partial charge < -0.3 is 10.2 Å². The highest BCUT2D eigenvalue weighted by Gasteiger charge is 2.56. The fourth-order valence-corrected chi connectivity index (χ4v) is 4.92. The summed E-state index contributed by atoms with van der Waals surface area (Å²) < 4.78 is 0. The highest BCUT2D eigenvalue weighted by atomic mass is 16.2. The number of hydrogen-bond donors (Lipinski definition) is 3. The van der Waals surface area contributed by atoms with Crippen LogP contribution in [0, 0.1) is 0 Å². The fourth-order valence-electron chi connectivity index (χ4n) is 4.92. The van der Waals surface area contributed by atoms with Crippen molar-refractivity contribution in [1.82, 2.24) is 15.5 Å². The molecule has 2 saturated heterocycles. The minimum absolute atomic E-state index is 0.420. The molecule has 2 heterocycles. The lowest BCUT2D eigenvalue weighted by molar-refractivity contribution is -0.149. The summed E-state index contributed by atoms with van der Waals surface area (Å²) in [6, 6.07) is 23.8. The summed E-state index contributed by atoms with van der Waals surface area (Å²) in [5.74, 6) is -1.30. The highest BCUT2D eigenvalue weighted by Crippen LogP contribution is 2.34. The molecule has 0 bridgehead atoms. The van der Waals surface area contributed by atoms with Gasteiger partial charge in [0.05, 0.1) is 0 Å². The monoisotopic (exact) mass is 483 g/mol. The minimum atomic E-state index is -1.66. The second kappa shape index (κ2) is 9.63. The predicted molar refractivity (Wildman–Crippen MR) is 135 cm³/mol. The maximum Gasteiger partial charge on any atom is 0.328 e. The van der Waals surface area contributed by atoms with Gasteiger partial charge in [0.2, 0.25) is 11.9 Å². The van der Waals surface area contributed by atoms with E-state index in [0.717, 1.165) is 16.8 Å². The molecule has 0 atom stereocenters. The first-order valence-corrected chi connectivity index (χ1v) is 11.7. The first-order chi connectivity index (χ1) is 17.5. The van der Waals surface area contributed by atoms with Crippen LogP contribution in [0.2, 0.25) is 0 Å². The molecule has 2 aliphatic heterocycles. The number of benzene rings is 3. The Morgan fingerprint density at radius 1 is 0.722 bits per heavy atom. The molecule has 2 fully saturated rings. The molecule has 3 aromatic carbocycles. The molecular weight excluding hydrogens is 458 g/mol. The summed E-state index contributed by atoms with van der Waals surface area (Å²) in [7, 11) is 0. The lowest BCUT2D eigenvalue weighted by Gasteiger charge is -2.47. The van der Waals surface area contributed by atoms with Crippen LogP contribution < -0.4 is 20.9 Å². The van der Waals surface area contributed by atoms with Crippen molar-refractivity contribution in [2.75, 3.05) is 36.4 Å². The van der Waals surface area contributed by atoms with Gasteiger partial charge in [0.15, 0.2) is 0 Å². The van der Waals surface area contributed by atoms with Crippen LogP contribution in [0.5, 0.6) is 0 Å². The van der Waals surface area contributed by atoms with Crippen LogP contribution in [-0.4, -0.2) is 55.3 Å². The molecule has 0 saturated carbocycles. The molecule has 0 aliphatic carbocycles. The summed E-state index contributed by atoms with van der Waals surface area (Å²) in [4.78, 5) is 53.3. The van der Waals surface area contributed by atoms with Gasteiger partial charge in [0.1, 0.15) is 0 Å². The summed E-state index contributed by atoms with van der Waals surface area (Å²) in [6.07, 6.45) is 0.630. The number of rotatable bonds is 6. The van der Waals surface area contributed by atoms with Crippen LogP contribution >= 0.6 is 0 Å². The number of nitrogens with zero attached hydrogens (tertiary/aromatic N) is 2. The number of amides is 5. The van der Waals surface area contributed by atoms with Crippen molar-refractivity contribution in [2.45, 2.75) is 5.54 Å². The number of nitrogens with one attached hydrogen (secondary N) is 3. The van der Waals surface area contributed by atoms with E-state index in [4.69, 9.17) is 0 Å². The number of barbiturate groups is 1. The topological polar surface area (TPSA) is 111 Å². The molecule has 5 rings (SSSR count). The third kappa shape index (κ3) is 4.09. The Balaban J connectivity index is 1.43. The Morgan fingerprint density at radius 3 is 1.89 bits per heavy atom. The molecule has 0 spiro atoms. The largest absolute Gasteiger partial charge is 0.369 e. The third-order valence-corrected chi connectivity index (χ3v) is 6.73. The predicted octanol–water partition coefficient (Wildman–Crippen LogP) is 2.31. The van der Waals surface area contributed by atoms with Crippen LogP contribution in [0.15, 0.2) is 78.9 Å². The first kappa shape index (κ1) is 23.3. The van der Waals surface area contributed by atoms with E-state index in [2.05, 4.69) is 20.9 Å². The van der Waals surface area contributed by atoms with Crippen molar-refractivity contribution in [3.63, 3.8) is 0 Å². The van der Waals surface area contributed by atoms with Gasteiger partial charge in [-0.1, -0.05) is 54.6 Å². The van der Waals surface area contributed by atoms with Crippen LogP contribution in [0.4, 0.5) is 16.2 Å². The van der Waals surface area contributed by atoms with Gasteiger partial charge >= 0.3 is 6.03 Å². The van der Waals surface area contributed by atoms with Gasteiger partial charge in [-0.3, -0.25) is 29.9 Å². The van der Waals surface area contributed by atoms with Crippen LogP contribution in [0.3, 0.4) is 0 Å².